The third kappa shape index (κ3) is 7.16. The van der Waals surface area contributed by atoms with E-state index in [2.05, 4.69) is 13.8 Å². The molecule has 4 nitrogen and oxygen atoms in total. The molecule has 1 aromatic rings. The molecule has 1 unspecified atom stereocenters. The van der Waals surface area contributed by atoms with E-state index >= 15 is 0 Å². The van der Waals surface area contributed by atoms with E-state index in [9.17, 15) is 9.59 Å². The highest BCUT2D eigenvalue weighted by atomic mass is 16.5. The topological polar surface area (TPSA) is 52.6 Å². The van der Waals surface area contributed by atoms with Gasteiger partial charge in [-0.05, 0) is 37.0 Å². The first-order chi connectivity index (χ1) is 11.5. The predicted octanol–water partition coefficient (Wildman–Crippen LogP) is 5.02. The summed E-state index contributed by atoms with van der Waals surface area (Å²) in [5.74, 6) is -0.507. The van der Waals surface area contributed by atoms with Crippen LogP contribution in [-0.4, -0.2) is 24.6 Å². The van der Waals surface area contributed by atoms with Crippen LogP contribution in [0.4, 0.5) is 0 Å². The summed E-state index contributed by atoms with van der Waals surface area (Å²) >= 11 is 0. The van der Waals surface area contributed by atoms with Crippen LogP contribution in [0.5, 0.6) is 0 Å². The van der Waals surface area contributed by atoms with Crippen molar-refractivity contribution in [3.8, 4) is 0 Å². The normalized spacial score (nSPS) is 12.0. The van der Waals surface area contributed by atoms with Crippen LogP contribution in [0.25, 0.3) is 0 Å². The number of hydrogen-bond donors (Lipinski definition) is 0. The van der Waals surface area contributed by atoms with Crippen molar-refractivity contribution in [1.29, 1.82) is 0 Å². The lowest BCUT2D eigenvalue weighted by atomic mass is 10.1. The zero-order chi connectivity index (χ0) is 17.9. The largest absolute Gasteiger partial charge is 0.462 e. The highest BCUT2D eigenvalue weighted by Gasteiger charge is 2.17. The lowest BCUT2D eigenvalue weighted by Crippen LogP contribution is -2.19. The summed E-state index contributed by atoms with van der Waals surface area (Å²) in [6.07, 6.45) is 4.78. The monoisotopic (exact) mass is 334 g/mol. The van der Waals surface area contributed by atoms with Gasteiger partial charge in [-0.2, -0.15) is 0 Å². The second-order valence-corrected chi connectivity index (χ2v) is 6.53. The van der Waals surface area contributed by atoms with Crippen molar-refractivity contribution in [3.05, 3.63) is 35.4 Å². The molecule has 1 atom stereocenters. The summed E-state index contributed by atoms with van der Waals surface area (Å²) in [5, 5.41) is 0. The Morgan fingerprint density at radius 1 is 1.00 bits per heavy atom. The third-order valence-corrected chi connectivity index (χ3v) is 3.65. The molecule has 0 radical (unpaired) electrons. The van der Waals surface area contributed by atoms with E-state index in [-0.39, 0.29) is 18.0 Å². The second-order valence-electron chi connectivity index (χ2n) is 6.53. The van der Waals surface area contributed by atoms with Crippen LogP contribution >= 0.6 is 0 Å². The first-order valence-corrected chi connectivity index (χ1v) is 8.96. The minimum absolute atomic E-state index is 0.0565. The molecule has 24 heavy (non-hydrogen) atoms. The molecule has 0 aliphatic rings. The van der Waals surface area contributed by atoms with Crippen LogP contribution < -0.4 is 0 Å². The van der Waals surface area contributed by atoms with Gasteiger partial charge in [-0.15, -0.1) is 0 Å². The zero-order valence-electron chi connectivity index (χ0n) is 15.3. The van der Waals surface area contributed by atoms with Gasteiger partial charge in [-0.25, -0.2) is 9.59 Å². The molecule has 0 heterocycles. The zero-order valence-corrected chi connectivity index (χ0v) is 15.3. The number of rotatable bonds is 10. The first kappa shape index (κ1) is 20.2. The number of carbonyl (C=O) groups excluding carboxylic acids is 2. The maximum atomic E-state index is 12.4. The molecule has 0 bridgehead atoms. The molecule has 0 spiro atoms. The van der Waals surface area contributed by atoms with Crippen molar-refractivity contribution in [1.82, 2.24) is 0 Å². The van der Waals surface area contributed by atoms with Crippen molar-refractivity contribution >= 4 is 11.9 Å². The van der Waals surface area contributed by atoms with Gasteiger partial charge >= 0.3 is 11.9 Å². The van der Waals surface area contributed by atoms with Crippen molar-refractivity contribution < 1.29 is 19.1 Å². The molecule has 0 fully saturated rings. The lowest BCUT2D eigenvalue weighted by Gasteiger charge is -2.17. The Kier molecular flexibility index (Phi) is 9.13. The van der Waals surface area contributed by atoms with Crippen LogP contribution in [0, 0.1) is 5.92 Å². The van der Waals surface area contributed by atoms with Gasteiger partial charge in [0.15, 0.2) is 0 Å². The fourth-order valence-electron chi connectivity index (χ4n) is 2.33. The summed E-state index contributed by atoms with van der Waals surface area (Å²) in [6, 6.07) is 6.56. The highest BCUT2D eigenvalue weighted by Crippen LogP contribution is 2.15. The Morgan fingerprint density at radius 3 is 2.25 bits per heavy atom. The number of ether oxygens (including phenoxy) is 2. The Balaban J connectivity index is 2.72. The van der Waals surface area contributed by atoms with Gasteiger partial charge in [0.2, 0.25) is 0 Å². The van der Waals surface area contributed by atoms with Gasteiger partial charge in [-0.3, -0.25) is 0 Å². The molecule has 0 N–H and O–H groups in total. The van der Waals surface area contributed by atoms with Crippen molar-refractivity contribution in [2.24, 2.45) is 5.92 Å². The SMILES string of the molecule is CCCCC(CCC)OC(=O)c1cccc(C(=O)OCC(C)C)c1. The molecule has 0 saturated heterocycles. The molecule has 4 heteroatoms. The van der Waals surface area contributed by atoms with Gasteiger partial charge < -0.3 is 9.47 Å². The van der Waals surface area contributed by atoms with Gasteiger partial charge in [0.05, 0.1) is 17.7 Å². The van der Waals surface area contributed by atoms with Crippen LogP contribution in [0.1, 0.15) is 80.5 Å². The Labute approximate surface area is 145 Å². The summed E-state index contributed by atoms with van der Waals surface area (Å²) in [4.78, 5) is 24.4. The van der Waals surface area contributed by atoms with Crippen molar-refractivity contribution in [3.63, 3.8) is 0 Å². The summed E-state index contributed by atoms with van der Waals surface area (Å²) in [6.45, 7) is 8.52. The number of carbonyl (C=O) groups is 2. The minimum atomic E-state index is -0.408. The molecule has 0 aromatic heterocycles. The number of benzene rings is 1. The van der Waals surface area contributed by atoms with E-state index in [0.717, 1.165) is 32.1 Å². The maximum absolute atomic E-state index is 12.4. The van der Waals surface area contributed by atoms with Crippen LogP contribution in [-0.2, 0) is 9.47 Å². The van der Waals surface area contributed by atoms with E-state index in [0.29, 0.717) is 17.7 Å². The molecular formula is C20H30O4. The second kappa shape index (κ2) is 10.8. The number of esters is 2. The quantitative estimate of drug-likeness (QED) is 0.564. The number of unbranched alkanes of at least 4 members (excludes halogenated alkanes) is 1. The van der Waals surface area contributed by atoms with Gasteiger partial charge in [0.1, 0.15) is 6.10 Å². The minimum Gasteiger partial charge on any atom is -0.462 e. The highest BCUT2D eigenvalue weighted by molar-refractivity contribution is 5.95. The summed E-state index contributed by atoms with van der Waals surface area (Å²) in [7, 11) is 0. The van der Waals surface area contributed by atoms with E-state index in [1.807, 2.05) is 13.8 Å². The van der Waals surface area contributed by atoms with E-state index in [4.69, 9.17) is 9.47 Å². The summed E-state index contributed by atoms with van der Waals surface area (Å²) in [5.41, 5.74) is 0.775. The predicted molar refractivity (Wildman–Crippen MR) is 95.2 cm³/mol. The molecule has 1 aromatic carbocycles. The molecule has 0 amide bonds. The Bertz CT molecular complexity index is 522. The van der Waals surface area contributed by atoms with Gasteiger partial charge in [0.25, 0.3) is 0 Å². The molecule has 134 valence electrons. The van der Waals surface area contributed by atoms with Crippen LogP contribution in [0.15, 0.2) is 24.3 Å². The molecule has 1 rings (SSSR count). The molecule has 0 aliphatic carbocycles. The average Bonchev–Trinajstić information content (AvgIpc) is 2.57. The Morgan fingerprint density at radius 2 is 1.67 bits per heavy atom. The van der Waals surface area contributed by atoms with Crippen molar-refractivity contribution in [2.75, 3.05) is 6.61 Å². The lowest BCUT2D eigenvalue weighted by molar-refractivity contribution is 0.0255. The van der Waals surface area contributed by atoms with Crippen molar-refractivity contribution in [2.45, 2.75) is 65.9 Å². The van der Waals surface area contributed by atoms with E-state index in [1.54, 1.807) is 24.3 Å². The Hall–Kier alpha value is -1.84. The molecule has 0 aliphatic heterocycles. The van der Waals surface area contributed by atoms with E-state index in [1.165, 1.54) is 0 Å². The van der Waals surface area contributed by atoms with Gasteiger partial charge in [-0.1, -0.05) is 53.0 Å². The number of hydrogen-bond acceptors (Lipinski definition) is 4. The average molecular weight is 334 g/mol. The molecule has 0 saturated carbocycles. The fourth-order valence-corrected chi connectivity index (χ4v) is 2.33. The first-order valence-electron chi connectivity index (χ1n) is 8.96. The van der Waals surface area contributed by atoms with Crippen LogP contribution in [0.2, 0.25) is 0 Å². The summed E-state index contributed by atoms with van der Waals surface area (Å²) < 4.78 is 10.8. The fraction of sp³-hybridized carbons (Fsp3) is 0.600. The van der Waals surface area contributed by atoms with E-state index < -0.39 is 5.97 Å². The third-order valence-electron chi connectivity index (χ3n) is 3.65. The standard InChI is InChI=1S/C20H30O4/c1-5-7-12-18(9-6-2)24-20(22)17-11-8-10-16(13-17)19(21)23-14-15(3)4/h8,10-11,13,15,18H,5-7,9,12,14H2,1-4H3. The van der Waals surface area contributed by atoms with Gasteiger partial charge in [0, 0.05) is 0 Å². The molecular weight excluding hydrogens is 304 g/mol. The van der Waals surface area contributed by atoms with Crippen LogP contribution in [0.3, 0.4) is 0 Å². The maximum Gasteiger partial charge on any atom is 0.338 e. The smallest absolute Gasteiger partial charge is 0.338 e.